The van der Waals surface area contributed by atoms with Crippen LogP contribution in [0.1, 0.15) is 32.0 Å². The number of aromatic hydroxyl groups is 1. The van der Waals surface area contributed by atoms with Crippen molar-refractivity contribution >= 4 is 62.6 Å². The number of carboxylic acids is 1. The number of aromatic nitrogens is 3. The minimum absolute atomic E-state index is 0.0307. The first-order valence-corrected chi connectivity index (χ1v) is 12.9. The van der Waals surface area contributed by atoms with Crippen molar-refractivity contribution in [2.24, 2.45) is 0 Å². The molecule has 2 aromatic heterocycles. The number of hydrogen-bond acceptors (Lipinski definition) is 6. The number of amides is 2. The summed E-state index contributed by atoms with van der Waals surface area (Å²) in [5.74, 6) is -2.40. The van der Waals surface area contributed by atoms with Crippen LogP contribution in [0.5, 0.6) is 5.75 Å². The maximum Gasteiger partial charge on any atom is 0.326 e. The van der Waals surface area contributed by atoms with E-state index in [0.717, 1.165) is 0 Å². The Labute approximate surface area is 240 Å². The zero-order valence-electron chi connectivity index (χ0n) is 20.2. The second-order valence-electron chi connectivity index (χ2n) is 8.41. The number of phenolic OH excluding ortho intramolecular Hbond substituents is 1. The lowest BCUT2D eigenvalue weighted by molar-refractivity contribution is -0.139. The van der Waals surface area contributed by atoms with E-state index in [1.165, 1.54) is 35.1 Å². The van der Waals surface area contributed by atoms with Gasteiger partial charge in [0.05, 0.1) is 16.3 Å². The van der Waals surface area contributed by atoms with E-state index in [9.17, 15) is 24.6 Å². The lowest BCUT2D eigenvalue weighted by Gasteiger charge is -2.18. The molecule has 0 saturated carbocycles. The van der Waals surface area contributed by atoms with Gasteiger partial charge >= 0.3 is 5.97 Å². The van der Waals surface area contributed by atoms with E-state index in [0.29, 0.717) is 15.7 Å². The molecule has 0 bridgehead atoms. The molecule has 4 aromatic rings. The van der Waals surface area contributed by atoms with Crippen LogP contribution in [0, 0.1) is 6.92 Å². The van der Waals surface area contributed by atoms with Crippen molar-refractivity contribution in [2.75, 3.05) is 5.32 Å². The number of rotatable bonds is 8. The molecular weight excluding hydrogens is 613 g/mol. The number of carbonyl (C=O) groups excluding carboxylic acids is 2. The summed E-state index contributed by atoms with van der Waals surface area (Å²) in [6, 6.07) is 12.3. The fourth-order valence-corrected chi connectivity index (χ4v) is 4.63. The Balaban J connectivity index is 1.64. The first kappa shape index (κ1) is 28.1. The number of carbonyl (C=O) groups is 3. The first-order valence-electron chi connectivity index (χ1n) is 11.3. The zero-order valence-corrected chi connectivity index (χ0v) is 23.3. The SMILES string of the molecule is Cc1cc(Cl)cc(C(=O)NC(Cc2ccc(O)cc2)C(=O)O)c1NC(=O)c1cc(Br)nn1-c1ncccc1Cl. The molecule has 0 aliphatic heterocycles. The molecule has 4 rings (SSSR count). The number of halogens is 3. The Kier molecular flexibility index (Phi) is 8.54. The number of hydrogen-bond donors (Lipinski definition) is 4. The zero-order chi connectivity index (χ0) is 28.3. The molecule has 0 aliphatic carbocycles. The third-order valence-corrected chi connectivity index (χ3v) is 6.52. The molecule has 1 unspecified atom stereocenters. The normalized spacial score (nSPS) is 11.6. The molecule has 0 fully saturated rings. The number of phenols is 1. The van der Waals surface area contributed by atoms with Crippen molar-refractivity contribution < 1.29 is 24.6 Å². The van der Waals surface area contributed by atoms with Crippen LogP contribution in [0.25, 0.3) is 5.82 Å². The van der Waals surface area contributed by atoms with Crippen LogP contribution in [-0.2, 0) is 11.2 Å². The van der Waals surface area contributed by atoms with Crippen molar-refractivity contribution in [3.63, 3.8) is 0 Å². The molecule has 10 nitrogen and oxygen atoms in total. The van der Waals surface area contributed by atoms with Gasteiger partial charge in [0.15, 0.2) is 5.82 Å². The molecule has 4 N–H and O–H groups in total. The van der Waals surface area contributed by atoms with E-state index in [4.69, 9.17) is 23.2 Å². The molecule has 13 heteroatoms. The highest BCUT2D eigenvalue weighted by atomic mass is 79.9. The van der Waals surface area contributed by atoms with Gasteiger partial charge in [-0.05, 0) is 70.4 Å². The number of nitrogens with zero attached hydrogens (tertiary/aromatic N) is 3. The fourth-order valence-electron chi connectivity index (χ4n) is 3.78. The van der Waals surface area contributed by atoms with Gasteiger partial charge in [-0.25, -0.2) is 14.5 Å². The second kappa shape index (κ2) is 11.9. The summed E-state index contributed by atoms with van der Waals surface area (Å²) in [6.07, 6.45) is 1.46. The van der Waals surface area contributed by atoms with Crippen LogP contribution in [0.4, 0.5) is 5.69 Å². The molecule has 2 heterocycles. The Bertz CT molecular complexity index is 1580. The van der Waals surface area contributed by atoms with Gasteiger partial charge in [-0.15, -0.1) is 0 Å². The van der Waals surface area contributed by atoms with Gasteiger partial charge in [0.25, 0.3) is 11.8 Å². The number of carboxylic acid groups (broad SMARTS) is 1. The Morgan fingerprint density at radius 2 is 1.79 bits per heavy atom. The van der Waals surface area contributed by atoms with Gasteiger partial charge in [0.1, 0.15) is 22.1 Å². The van der Waals surface area contributed by atoms with Crippen molar-refractivity contribution in [2.45, 2.75) is 19.4 Å². The highest BCUT2D eigenvalue weighted by Crippen LogP contribution is 2.28. The lowest BCUT2D eigenvalue weighted by Crippen LogP contribution is -2.42. The highest BCUT2D eigenvalue weighted by Gasteiger charge is 2.26. The van der Waals surface area contributed by atoms with Crippen LogP contribution in [0.2, 0.25) is 10.0 Å². The van der Waals surface area contributed by atoms with Crippen LogP contribution < -0.4 is 10.6 Å². The molecule has 0 saturated heterocycles. The Morgan fingerprint density at radius 3 is 2.46 bits per heavy atom. The lowest BCUT2D eigenvalue weighted by atomic mass is 10.0. The number of pyridine rings is 1. The Hall–Kier alpha value is -3.93. The second-order valence-corrected chi connectivity index (χ2v) is 10.1. The maximum absolute atomic E-state index is 13.4. The minimum atomic E-state index is -1.30. The van der Waals surface area contributed by atoms with Crippen molar-refractivity contribution in [1.29, 1.82) is 0 Å². The average molecular weight is 633 g/mol. The molecule has 200 valence electrons. The molecule has 2 aromatic carbocycles. The van der Waals surface area contributed by atoms with Crippen LogP contribution in [0.15, 0.2) is 65.4 Å². The molecule has 0 radical (unpaired) electrons. The number of aliphatic carboxylic acids is 1. The van der Waals surface area contributed by atoms with E-state index in [2.05, 4.69) is 36.6 Å². The summed E-state index contributed by atoms with van der Waals surface area (Å²) in [5, 5.41) is 29.1. The summed E-state index contributed by atoms with van der Waals surface area (Å²) < 4.78 is 1.60. The minimum Gasteiger partial charge on any atom is -0.508 e. The summed E-state index contributed by atoms with van der Waals surface area (Å²) >= 11 is 15.7. The highest BCUT2D eigenvalue weighted by molar-refractivity contribution is 9.10. The maximum atomic E-state index is 13.4. The van der Waals surface area contributed by atoms with Crippen molar-refractivity contribution in [3.8, 4) is 11.6 Å². The van der Waals surface area contributed by atoms with E-state index in [-0.39, 0.29) is 45.0 Å². The molecular formula is C26H20BrCl2N5O5. The van der Waals surface area contributed by atoms with Gasteiger partial charge in [-0.3, -0.25) is 9.59 Å². The van der Waals surface area contributed by atoms with Gasteiger partial charge < -0.3 is 20.8 Å². The van der Waals surface area contributed by atoms with Crippen LogP contribution in [0.3, 0.4) is 0 Å². The van der Waals surface area contributed by atoms with Crippen molar-refractivity contribution in [3.05, 3.63) is 97.8 Å². The van der Waals surface area contributed by atoms with Gasteiger partial charge in [0.2, 0.25) is 0 Å². The van der Waals surface area contributed by atoms with E-state index in [1.807, 2.05) is 0 Å². The third-order valence-electron chi connectivity index (χ3n) is 5.61. The molecule has 1 atom stereocenters. The predicted molar refractivity (Wildman–Crippen MR) is 149 cm³/mol. The molecule has 39 heavy (non-hydrogen) atoms. The Morgan fingerprint density at radius 1 is 1.08 bits per heavy atom. The van der Waals surface area contributed by atoms with Gasteiger partial charge in [-0.2, -0.15) is 5.10 Å². The van der Waals surface area contributed by atoms with Gasteiger partial charge in [0, 0.05) is 23.7 Å². The number of anilines is 1. The van der Waals surface area contributed by atoms with E-state index < -0.39 is 23.8 Å². The summed E-state index contributed by atoms with van der Waals surface area (Å²) in [5.41, 5.74) is 1.22. The fraction of sp³-hybridized carbons (Fsp3) is 0.115. The smallest absolute Gasteiger partial charge is 0.326 e. The topological polar surface area (TPSA) is 146 Å². The van der Waals surface area contributed by atoms with Crippen molar-refractivity contribution in [1.82, 2.24) is 20.1 Å². The molecule has 2 amide bonds. The standard InChI is InChI=1S/C26H20BrCl2N5O5/c1-13-9-15(28)11-17(24(36)31-19(26(38)39)10-14-4-6-16(35)7-5-14)22(13)32-25(37)20-12-21(27)33-34(20)23-18(29)3-2-8-30-23/h2-9,11-12,19,35H,10H2,1H3,(H,31,36)(H,32,37)(H,38,39). The largest absolute Gasteiger partial charge is 0.508 e. The average Bonchev–Trinajstić information content (AvgIpc) is 3.27. The van der Waals surface area contributed by atoms with Gasteiger partial charge in [-0.1, -0.05) is 35.3 Å². The summed E-state index contributed by atoms with van der Waals surface area (Å²) in [6.45, 7) is 1.65. The summed E-state index contributed by atoms with van der Waals surface area (Å²) in [7, 11) is 0. The summed E-state index contributed by atoms with van der Waals surface area (Å²) in [4.78, 5) is 42.8. The number of aryl methyl sites for hydroxylation is 1. The molecule has 0 spiro atoms. The predicted octanol–water partition coefficient (Wildman–Crippen LogP) is 5.03. The quantitative estimate of drug-likeness (QED) is 0.213. The van der Waals surface area contributed by atoms with E-state index >= 15 is 0 Å². The number of benzene rings is 2. The first-order chi connectivity index (χ1) is 18.5. The van der Waals surface area contributed by atoms with E-state index in [1.54, 1.807) is 37.3 Å². The van der Waals surface area contributed by atoms with Crippen LogP contribution >= 0.6 is 39.1 Å². The monoisotopic (exact) mass is 631 g/mol. The van der Waals surface area contributed by atoms with Crippen LogP contribution in [-0.4, -0.2) is 48.8 Å². The molecule has 0 aliphatic rings. The number of nitrogens with one attached hydrogen (secondary N) is 2. The third kappa shape index (κ3) is 6.56.